The van der Waals surface area contributed by atoms with E-state index < -0.39 is 49.5 Å². The summed E-state index contributed by atoms with van der Waals surface area (Å²) in [4.78, 5) is 12.8. The molecule has 352 valence electrons. The van der Waals surface area contributed by atoms with Crippen LogP contribution < -0.4 is 5.32 Å². The van der Waals surface area contributed by atoms with Crippen molar-refractivity contribution in [1.29, 1.82) is 0 Å². The van der Waals surface area contributed by atoms with Gasteiger partial charge in [0.05, 0.1) is 25.4 Å². The zero-order chi connectivity index (χ0) is 45.1. The Balaban J connectivity index is 2.09. The molecule has 9 nitrogen and oxygen atoms in total. The topological polar surface area (TPSA) is 149 Å². The Morgan fingerprint density at radius 2 is 1.00 bits per heavy atom. The summed E-state index contributed by atoms with van der Waals surface area (Å²) in [6, 6.07) is -0.728. The molecular formula is C53H87NO8. The van der Waals surface area contributed by atoms with Gasteiger partial charge in [0.15, 0.2) is 6.29 Å². The van der Waals surface area contributed by atoms with Crippen molar-refractivity contribution in [3.63, 3.8) is 0 Å². The predicted molar refractivity (Wildman–Crippen MR) is 257 cm³/mol. The van der Waals surface area contributed by atoms with E-state index in [-0.39, 0.29) is 12.5 Å². The minimum atomic E-state index is -1.56. The molecule has 0 aliphatic carbocycles. The van der Waals surface area contributed by atoms with Gasteiger partial charge in [-0.15, -0.1) is 0 Å². The monoisotopic (exact) mass is 866 g/mol. The van der Waals surface area contributed by atoms with E-state index in [0.29, 0.717) is 12.8 Å². The number of unbranched alkanes of at least 4 members (excludes halogenated alkanes) is 10. The number of carbonyl (C=O) groups excluding carboxylic acids is 1. The summed E-state index contributed by atoms with van der Waals surface area (Å²) in [5.74, 6) is -0.171. The summed E-state index contributed by atoms with van der Waals surface area (Å²) in [5.41, 5.74) is 0. The number of aliphatic hydroxyl groups excluding tert-OH is 5. The van der Waals surface area contributed by atoms with Gasteiger partial charge in [0.25, 0.3) is 0 Å². The Labute approximate surface area is 376 Å². The molecule has 0 aromatic heterocycles. The van der Waals surface area contributed by atoms with Crippen LogP contribution in [0.15, 0.2) is 109 Å². The highest BCUT2D eigenvalue weighted by atomic mass is 16.7. The lowest BCUT2D eigenvalue weighted by atomic mass is 9.99. The third-order valence-corrected chi connectivity index (χ3v) is 10.6. The van der Waals surface area contributed by atoms with Gasteiger partial charge in [0, 0.05) is 6.42 Å². The van der Waals surface area contributed by atoms with E-state index in [9.17, 15) is 30.3 Å². The number of rotatable bonds is 38. The van der Waals surface area contributed by atoms with Crippen molar-refractivity contribution < 1.29 is 39.8 Å². The van der Waals surface area contributed by atoms with Crippen molar-refractivity contribution in [3.8, 4) is 0 Å². The van der Waals surface area contributed by atoms with Gasteiger partial charge in [-0.3, -0.25) is 4.79 Å². The molecule has 1 heterocycles. The average molecular weight is 866 g/mol. The normalized spacial score (nSPS) is 21.3. The van der Waals surface area contributed by atoms with Crippen LogP contribution in [0.1, 0.15) is 162 Å². The van der Waals surface area contributed by atoms with E-state index >= 15 is 0 Å². The van der Waals surface area contributed by atoms with Gasteiger partial charge in [0.1, 0.15) is 24.4 Å². The first-order valence-electron chi connectivity index (χ1n) is 24.1. The van der Waals surface area contributed by atoms with Crippen LogP contribution in [0.2, 0.25) is 0 Å². The molecular weight excluding hydrogens is 779 g/mol. The number of amides is 1. The lowest BCUT2D eigenvalue weighted by Gasteiger charge is -2.40. The number of hydrogen-bond donors (Lipinski definition) is 6. The molecule has 1 aliphatic heterocycles. The second-order valence-electron chi connectivity index (χ2n) is 16.2. The molecule has 9 heteroatoms. The molecule has 6 N–H and O–H groups in total. The van der Waals surface area contributed by atoms with Crippen molar-refractivity contribution in [1.82, 2.24) is 5.32 Å². The predicted octanol–water partition coefficient (Wildman–Crippen LogP) is 10.7. The number of allylic oxidation sites excluding steroid dienone is 18. The highest BCUT2D eigenvalue weighted by molar-refractivity contribution is 5.76. The van der Waals surface area contributed by atoms with Gasteiger partial charge in [-0.1, -0.05) is 181 Å². The fourth-order valence-corrected chi connectivity index (χ4v) is 6.80. The lowest BCUT2D eigenvalue weighted by molar-refractivity contribution is -0.302. The maximum Gasteiger partial charge on any atom is 0.220 e. The molecule has 7 atom stereocenters. The highest BCUT2D eigenvalue weighted by Crippen LogP contribution is 2.23. The number of hydrogen-bond acceptors (Lipinski definition) is 8. The molecule has 0 aromatic rings. The van der Waals surface area contributed by atoms with Crippen LogP contribution in [0, 0.1) is 0 Å². The van der Waals surface area contributed by atoms with Gasteiger partial charge < -0.3 is 40.3 Å². The molecule has 62 heavy (non-hydrogen) atoms. The maximum absolute atomic E-state index is 12.8. The summed E-state index contributed by atoms with van der Waals surface area (Å²) in [5, 5.41) is 53.7. The molecule has 0 spiro atoms. The van der Waals surface area contributed by atoms with Gasteiger partial charge in [-0.25, -0.2) is 0 Å². The molecule has 1 saturated heterocycles. The average Bonchev–Trinajstić information content (AvgIpc) is 3.27. The van der Waals surface area contributed by atoms with Crippen molar-refractivity contribution in [2.24, 2.45) is 0 Å². The van der Waals surface area contributed by atoms with Crippen molar-refractivity contribution in [2.75, 3.05) is 13.2 Å². The SMILES string of the molecule is CC/C=C\C/C=C\C/C=C\C/C=C\C/C=C\C/C=C\C/C=C\C/C=C\C/C=C\CCCCCCCCCC(=O)NC(COC1OC(CO)C(O)C(O)C1O)C(O)CCCCCC. The third kappa shape index (κ3) is 31.7. The third-order valence-electron chi connectivity index (χ3n) is 10.6. The Morgan fingerprint density at radius 3 is 1.47 bits per heavy atom. The van der Waals surface area contributed by atoms with Gasteiger partial charge >= 0.3 is 0 Å². The first kappa shape index (κ1) is 56.9. The van der Waals surface area contributed by atoms with E-state index in [1.54, 1.807) is 0 Å². The van der Waals surface area contributed by atoms with Crippen LogP contribution in [-0.4, -0.2) is 87.5 Å². The summed E-state index contributed by atoms with van der Waals surface area (Å²) in [7, 11) is 0. The van der Waals surface area contributed by atoms with Crippen molar-refractivity contribution in [3.05, 3.63) is 109 Å². The minimum Gasteiger partial charge on any atom is -0.394 e. The lowest BCUT2D eigenvalue weighted by Crippen LogP contribution is -2.60. The van der Waals surface area contributed by atoms with Crippen LogP contribution in [0.25, 0.3) is 0 Å². The molecule has 1 amide bonds. The summed E-state index contributed by atoms with van der Waals surface area (Å²) >= 11 is 0. The van der Waals surface area contributed by atoms with E-state index in [4.69, 9.17) is 9.47 Å². The van der Waals surface area contributed by atoms with Crippen LogP contribution in [0.4, 0.5) is 0 Å². The van der Waals surface area contributed by atoms with Gasteiger partial charge in [-0.05, 0) is 83.5 Å². The first-order chi connectivity index (χ1) is 30.3. The molecule has 1 aliphatic rings. The molecule has 1 rings (SSSR count). The number of nitrogens with one attached hydrogen (secondary N) is 1. The number of ether oxygens (including phenoxy) is 2. The number of aliphatic hydroxyl groups is 5. The minimum absolute atomic E-state index is 0.153. The van der Waals surface area contributed by atoms with E-state index in [2.05, 4.69) is 129 Å². The zero-order valence-corrected chi connectivity index (χ0v) is 38.6. The van der Waals surface area contributed by atoms with Gasteiger partial charge in [0.2, 0.25) is 5.91 Å². The second-order valence-corrected chi connectivity index (χ2v) is 16.2. The Kier molecular flexibility index (Phi) is 38.4. The van der Waals surface area contributed by atoms with Crippen molar-refractivity contribution in [2.45, 2.75) is 204 Å². The highest BCUT2D eigenvalue weighted by Gasteiger charge is 2.44. The van der Waals surface area contributed by atoms with Gasteiger partial charge in [-0.2, -0.15) is 0 Å². The Morgan fingerprint density at radius 1 is 0.565 bits per heavy atom. The van der Waals surface area contributed by atoms with Crippen molar-refractivity contribution >= 4 is 5.91 Å². The maximum atomic E-state index is 12.8. The largest absolute Gasteiger partial charge is 0.394 e. The molecule has 7 unspecified atom stereocenters. The Bertz CT molecular complexity index is 1330. The fourth-order valence-electron chi connectivity index (χ4n) is 6.80. The van der Waals surface area contributed by atoms with E-state index in [1.807, 2.05) is 0 Å². The summed E-state index contributed by atoms with van der Waals surface area (Å²) < 4.78 is 11.1. The van der Waals surface area contributed by atoms with Crippen LogP contribution >= 0.6 is 0 Å². The quantitative estimate of drug-likeness (QED) is 0.0265. The molecule has 0 saturated carbocycles. The van der Waals surface area contributed by atoms with E-state index in [0.717, 1.165) is 116 Å². The Hall–Kier alpha value is -3.15. The summed E-state index contributed by atoms with van der Waals surface area (Å²) in [6.45, 7) is 3.56. The molecule has 1 fully saturated rings. The molecule has 0 radical (unpaired) electrons. The smallest absolute Gasteiger partial charge is 0.220 e. The van der Waals surface area contributed by atoms with Crippen LogP contribution in [0.5, 0.6) is 0 Å². The first-order valence-corrected chi connectivity index (χ1v) is 24.1. The zero-order valence-electron chi connectivity index (χ0n) is 38.6. The van der Waals surface area contributed by atoms with Crippen LogP contribution in [0.3, 0.4) is 0 Å². The van der Waals surface area contributed by atoms with Crippen LogP contribution in [-0.2, 0) is 14.3 Å². The second kappa shape index (κ2) is 41.8. The molecule has 0 aromatic carbocycles. The fraction of sp³-hybridized carbons (Fsp3) is 0.642. The molecule has 0 bridgehead atoms. The summed E-state index contributed by atoms with van der Waals surface area (Å²) in [6.07, 6.45) is 54.6. The number of carbonyl (C=O) groups is 1. The standard InChI is InChI=1S/C53H87NO8/c1-3-5-7-9-10-11-12-13-14-15-16-17-18-19-20-21-22-23-24-25-26-27-28-29-30-31-32-33-34-35-36-37-38-39-41-43-49(57)54-46(47(56)42-40-8-6-4-2)45-61-53-52(60)51(59)50(58)48(44-55)62-53/h5,7,10-11,13-14,16-17,19-20,22-23,25-26,28-29,31-32,46-48,50-53,55-56,58-60H,3-4,6,8-9,12,15,18,21,24,27,30,33-45H2,1-2H3,(H,54,57)/b7-5-,11-10-,14-13-,17-16-,20-19-,23-22-,26-25-,29-28-,32-31-. The van der Waals surface area contributed by atoms with E-state index in [1.165, 1.54) is 19.3 Å².